The number of hydrogen-bond donors (Lipinski definition) is 0. The molecular formula is C89H157NO8. The third kappa shape index (κ3) is 79.3. The number of esters is 2. The molecule has 0 aromatic carbocycles. The minimum atomic E-state index is -1.63. The average Bonchev–Trinajstić information content (AvgIpc) is 1.38. The molecule has 9 heteroatoms. The van der Waals surface area contributed by atoms with Crippen LogP contribution in [0.1, 0.15) is 380 Å². The minimum absolute atomic E-state index is 0.145. The fourth-order valence-corrected chi connectivity index (χ4v) is 12.0. The molecule has 0 aliphatic heterocycles. The Morgan fingerprint density at radius 1 is 0.316 bits per heavy atom. The van der Waals surface area contributed by atoms with Crippen LogP contribution in [-0.2, 0) is 33.3 Å². The lowest BCUT2D eigenvalue weighted by atomic mass is 10.0. The van der Waals surface area contributed by atoms with E-state index in [0.29, 0.717) is 23.9 Å². The van der Waals surface area contributed by atoms with Crippen LogP contribution in [0, 0.1) is 0 Å². The molecule has 0 spiro atoms. The molecule has 2 unspecified atom stereocenters. The average molecular weight is 1370 g/mol. The van der Waals surface area contributed by atoms with Crippen molar-refractivity contribution in [1.82, 2.24) is 0 Å². The van der Waals surface area contributed by atoms with Gasteiger partial charge in [-0.05, 0) is 83.5 Å². The second-order valence-electron chi connectivity index (χ2n) is 29.0. The van der Waals surface area contributed by atoms with Gasteiger partial charge in [-0.1, -0.05) is 393 Å². The quantitative estimate of drug-likeness (QED) is 0.0195. The van der Waals surface area contributed by atoms with E-state index in [1.165, 1.54) is 244 Å². The van der Waals surface area contributed by atoms with E-state index < -0.39 is 24.3 Å². The van der Waals surface area contributed by atoms with Crippen molar-refractivity contribution in [2.24, 2.45) is 0 Å². The van der Waals surface area contributed by atoms with Crippen molar-refractivity contribution in [1.29, 1.82) is 0 Å². The van der Waals surface area contributed by atoms with Crippen molar-refractivity contribution in [2.75, 3.05) is 47.5 Å². The molecule has 0 N–H and O–H groups in total. The Balaban J connectivity index is 4.03. The second-order valence-corrected chi connectivity index (χ2v) is 29.0. The lowest BCUT2D eigenvalue weighted by molar-refractivity contribution is -0.870. The Labute approximate surface area is 606 Å². The second kappa shape index (κ2) is 78.7. The zero-order chi connectivity index (χ0) is 71.1. The number of unbranched alkanes of at least 4 members (excludes halogenated alkanes) is 44. The van der Waals surface area contributed by atoms with Gasteiger partial charge in [0.05, 0.1) is 40.3 Å². The summed E-state index contributed by atoms with van der Waals surface area (Å²) in [5.74, 6) is -2.27. The molecule has 0 radical (unpaired) electrons. The number of hydrogen-bond acceptors (Lipinski definition) is 8. The lowest BCUT2D eigenvalue weighted by Crippen LogP contribution is -2.44. The van der Waals surface area contributed by atoms with Gasteiger partial charge in [0.1, 0.15) is 13.2 Å². The van der Waals surface area contributed by atoms with Crippen molar-refractivity contribution < 1.29 is 42.9 Å². The summed E-state index contributed by atoms with van der Waals surface area (Å²) in [7, 11) is 5.94. The van der Waals surface area contributed by atoms with E-state index in [4.69, 9.17) is 18.9 Å². The molecule has 0 fully saturated rings. The first kappa shape index (κ1) is 93.9. The highest BCUT2D eigenvalue weighted by Crippen LogP contribution is 2.19. The molecule has 0 aromatic rings. The topological polar surface area (TPSA) is 111 Å². The van der Waals surface area contributed by atoms with Crippen molar-refractivity contribution in [3.05, 3.63) is 109 Å². The highest BCUT2D eigenvalue weighted by Gasteiger charge is 2.22. The fourth-order valence-electron chi connectivity index (χ4n) is 12.0. The summed E-state index contributed by atoms with van der Waals surface area (Å²) < 4.78 is 22.9. The third-order valence-electron chi connectivity index (χ3n) is 18.3. The molecule has 0 heterocycles. The molecule has 0 bridgehead atoms. The van der Waals surface area contributed by atoms with Gasteiger partial charge >= 0.3 is 11.9 Å². The zero-order valence-corrected chi connectivity index (χ0v) is 64.9. The Morgan fingerprint density at radius 2 is 0.582 bits per heavy atom. The van der Waals surface area contributed by atoms with Crippen LogP contribution in [0.25, 0.3) is 0 Å². The molecule has 9 nitrogen and oxygen atoms in total. The fraction of sp³-hybridized carbons (Fsp3) is 0.764. The molecule has 0 saturated heterocycles. The molecule has 0 amide bonds. The van der Waals surface area contributed by atoms with Crippen molar-refractivity contribution in [3.8, 4) is 0 Å². The van der Waals surface area contributed by atoms with Crippen molar-refractivity contribution in [3.63, 3.8) is 0 Å². The SMILES string of the molecule is CC/C=C\C/C=C\C/C=C\C/C=C\C/C=C\C/C=C\C/C=C\C/C=C\C/C=C\CCCCCCCCCCCCCC(=O)OC(COC(=O)CCCCCCCCCCCCCCCCCCCCCCCCCCCCCCCCCCCC)COC(OCC[N+](C)(C)C)C(=O)[O-]. The molecule has 0 aliphatic rings. The summed E-state index contributed by atoms with van der Waals surface area (Å²) in [5.41, 5.74) is 0. The van der Waals surface area contributed by atoms with E-state index in [1.807, 2.05) is 21.1 Å². The van der Waals surface area contributed by atoms with Crippen LogP contribution in [0.2, 0.25) is 0 Å². The van der Waals surface area contributed by atoms with Crippen LogP contribution in [-0.4, -0.2) is 82.3 Å². The van der Waals surface area contributed by atoms with E-state index in [0.717, 1.165) is 103 Å². The van der Waals surface area contributed by atoms with Gasteiger partial charge in [0.15, 0.2) is 12.4 Å². The highest BCUT2D eigenvalue weighted by atomic mass is 16.7. The summed E-state index contributed by atoms with van der Waals surface area (Å²) in [6, 6.07) is 0. The largest absolute Gasteiger partial charge is 0.545 e. The first-order valence-electron chi connectivity index (χ1n) is 41.5. The molecule has 0 rings (SSSR count). The molecule has 0 aromatic heterocycles. The van der Waals surface area contributed by atoms with Crippen molar-refractivity contribution in [2.45, 2.75) is 392 Å². The van der Waals surface area contributed by atoms with Gasteiger partial charge in [-0.3, -0.25) is 9.59 Å². The van der Waals surface area contributed by atoms with Crippen LogP contribution in [0.4, 0.5) is 0 Å². The highest BCUT2D eigenvalue weighted by molar-refractivity contribution is 5.70. The van der Waals surface area contributed by atoms with Gasteiger partial charge in [0, 0.05) is 12.8 Å². The van der Waals surface area contributed by atoms with Crippen molar-refractivity contribution >= 4 is 17.9 Å². The lowest BCUT2D eigenvalue weighted by Gasteiger charge is -2.26. The van der Waals surface area contributed by atoms with Gasteiger partial charge < -0.3 is 33.3 Å². The van der Waals surface area contributed by atoms with Gasteiger partial charge in [-0.2, -0.15) is 0 Å². The number of aliphatic carboxylic acids is 1. The van der Waals surface area contributed by atoms with Crippen LogP contribution in [0.5, 0.6) is 0 Å². The summed E-state index contributed by atoms with van der Waals surface area (Å²) in [6.45, 7) is 4.68. The van der Waals surface area contributed by atoms with Crippen LogP contribution >= 0.6 is 0 Å². The van der Waals surface area contributed by atoms with Gasteiger partial charge in [-0.15, -0.1) is 0 Å². The first-order valence-corrected chi connectivity index (χ1v) is 41.5. The normalized spacial score (nSPS) is 13.2. The number of carboxylic acids is 1. The number of carbonyl (C=O) groups excluding carboxylic acids is 3. The number of carbonyl (C=O) groups is 3. The Morgan fingerprint density at radius 3 is 0.867 bits per heavy atom. The molecule has 2 atom stereocenters. The molecule has 0 aliphatic carbocycles. The summed E-state index contributed by atoms with van der Waals surface area (Å²) in [5, 5.41) is 11.9. The number of quaternary nitrogens is 1. The van der Waals surface area contributed by atoms with E-state index in [9.17, 15) is 19.5 Å². The molecule has 98 heavy (non-hydrogen) atoms. The number of nitrogens with zero attached hydrogens (tertiary/aromatic N) is 1. The van der Waals surface area contributed by atoms with E-state index in [1.54, 1.807) is 0 Å². The maximum Gasteiger partial charge on any atom is 0.306 e. The molecular weight excluding hydrogens is 1210 g/mol. The maximum absolute atomic E-state index is 13.0. The van der Waals surface area contributed by atoms with Crippen LogP contribution in [0.3, 0.4) is 0 Å². The molecule has 566 valence electrons. The Hall–Kier alpha value is -4.05. The standard InChI is InChI=1S/C89H157NO8/c1-6-8-10-12-14-16-18-20-22-24-26-28-30-32-34-36-38-40-42-43-44-45-46-48-50-52-54-56-58-60-62-64-66-68-70-72-74-76-78-80-87(92)98-85(84-97-89(88(93)94)95-82-81-90(3,4)5)83-96-86(91)79-77-75-73-71-69-67-65-63-61-59-57-55-53-51-49-47-41-39-37-35-33-31-29-27-25-23-21-19-17-15-13-11-9-7-2/h8,10,14,16,20,22,26,28,32,34,38,40,43-44,46,48,52,54,85,89H,6-7,9,11-13,15,17-19,21,23-25,27,29-31,33,35-37,39,41-42,45,47,49-51,53,55-84H2,1-5H3/b10-8-,16-14-,22-20-,28-26-,34-32-,40-38-,44-43-,48-46-,54-52-. The van der Waals surface area contributed by atoms with Gasteiger partial charge in [-0.25, -0.2) is 0 Å². The first-order chi connectivity index (χ1) is 48.1. The monoisotopic (exact) mass is 1370 g/mol. The predicted molar refractivity (Wildman–Crippen MR) is 421 cm³/mol. The van der Waals surface area contributed by atoms with E-state index >= 15 is 0 Å². The summed E-state index contributed by atoms with van der Waals surface area (Å²) >= 11 is 0. The Kier molecular flexibility index (Phi) is 75.4. The summed E-state index contributed by atoms with van der Waals surface area (Å²) in [4.78, 5) is 37.6. The Bertz CT molecular complexity index is 1990. The van der Waals surface area contributed by atoms with Crippen LogP contribution in [0.15, 0.2) is 109 Å². The number of allylic oxidation sites excluding steroid dienone is 18. The maximum atomic E-state index is 13.0. The predicted octanol–water partition coefficient (Wildman–Crippen LogP) is 25.5. The summed E-state index contributed by atoms with van der Waals surface area (Å²) in [6.07, 6.45) is 108. The van der Waals surface area contributed by atoms with Gasteiger partial charge in [0.2, 0.25) is 0 Å². The van der Waals surface area contributed by atoms with E-state index in [-0.39, 0.29) is 32.2 Å². The number of likely N-dealkylation sites (N-methyl/N-ethyl adjacent to an activating group) is 1. The number of rotatable bonds is 77. The molecule has 0 saturated carbocycles. The number of carboxylic acid groups (broad SMARTS) is 1. The van der Waals surface area contributed by atoms with Gasteiger partial charge in [0.25, 0.3) is 0 Å². The van der Waals surface area contributed by atoms with E-state index in [2.05, 4.69) is 123 Å². The smallest absolute Gasteiger partial charge is 0.306 e. The minimum Gasteiger partial charge on any atom is -0.545 e. The third-order valence-corrected chi connectivity index (χ3v) is 18.3. The van der Waals surface area contributed by atoms with Crippen LogP contribution < -0.4 is 5.11 Å². The zero-order valence-electron chi connectivity index (χ0n) is 64.9. The number of ether oxygens (including phenoxy) is 4.